The summed E-state index contributed by atoms with van der Waals surface area (Å²) >= 11 is 4.82. The van der Waals surface area contributed by atoms with Crippen LogP contribution in [0.5, 0.6) is 0 Å². The Balaban J connectivity index is 2.17. The number of halogens is 1. The third kappa shape index (κ3) is 4.15. The quantitative estimate of drug-likeness (QED) is 0.845. The fourth-order valence-electron chi connectivity index (χ4n) is 1.91. The van der Waals surface area contributed by atoms with E-state index in [2.05, 4.69) is 21.2 Å². The summed E-state index contributed by atoms with van der Waals surface area (Å²) in [5.41, 5.74) is 1.47. The van der Waals surface area contributed by atoms with Gasteiger partial charge in [-0.3, -0.25) is 9.59 Å². The molecule has 2 N–H and O–H groups in total. The molecule has 0 radical (unpaired) electrons. The topological polar surface area (TPSA) is 66.4 Å². The van der Waals surface area contributed by atoms with E-state index < -0.39 is 12.0 Å². The van der Waals surface area contributed by atoms with Crippen molar-refractivity contribution in [2.24, 2.45) is 0 Å². The van der Waals surface area contributed by atoms with Crippen LogP contribution in [-0.2, 0) is 4.79 Å². The summed E-state index contributed by atoms with van der Waals surface area (Å²) in [7, 11) is 0. The molecule has 0 aliphatic carbocycles. The van der Waals surface area contributed by atoms with Crippen LogP contribution in [0.1, 0.15) is 33.3 Å². The van der Waals surface area contributed by atoms with Gasteiger partial charge in [-0.25, -0.2) is 0 Å². The summed E-state index contributed by atoms with van der Waals surface area (Å²) in [5, 5.41) is 13.6. The third-order valence-electron chi connectivity index (χ3n) is 2.99. The minimum atomic E-state index is -0.944. The molecule has 6 heteroatoms. The van der Waals surface area contributed by atoms with Crippen molar-refractivity contribution in [3.8, 4) is 0 Å². The third-order valence-corrected chi connectivity index (χ3v) is 4.87. The molecule has 21 heavy (non-hydrogen) atoms. The van der Waals surface area contributed by atoms with Gasteiger partial charge in [0.2, 0.25) is 0 Å². The number of carboxylic acids is 1. The van der Waals surface area contributed by atoms with Gasteiger partial charge in [-0.2, -0.15) is 0 Å². The van der Waals surface area contributed by atoms with Crippen molar-refractivity contribution in [1.82, 2.24) is 5.32 Å². The zero-order valence-electron chi connectivity index (χ0n) is 11.3. The molecule has 2 rings (SSSR count). The summed E-state index contributed by atoms with van der Waals surface area (Å²) in [6, 6.07) is 8.43. The number of hydrogen-bond donors (Lipinski definition) is 2. The van der Waals surface area contributed by atoms with Gasteiger partial charge >= 0.3 is 5.97 Å². The Hall–Kier alpha value is -1.66. The monoisotopic (exact) mass is 367 g/mol. The van der Waals surface area contributed by atoms with Crippen LogP contribution in [0.2, 0.25) is 0 Å². The number of carbonyl (C=O) groups is 2. The van der Waals surface area contributed by atoms with Crippen LogP contribution in [0.4, 0.5) is 0 Å². The van der Waals surface area contributed by atoms with Gasteiger partial charge in [-0.05, 0) is 42.1 Å². The van der Waals surface area contributed by atoms with Crippen molar-refractivity contribution in [1.29, 1.82) is 0 Å². The van der Waals surface area contributed by atoms with Crippen LogP contribution in [0, 0.1) is 6.92 Å². The predicted octanol–water partition coefficient (Wildman–Crippen LogP) is 3.76. The van der Waals surface area contributed by atoms with Crippen LogP contribution in [0.3, 0.4) is 0 Å². The molecule has 4 nitrogen and oxygen atoms in total. The van der Waals surface area contributed by atoms with Crippen LogP contribution in [0.15, 0.2) is 40.2 Å². The van der Waals surface area contributed by atoms with Gasteiger partial charge in [-0.1, -0.05) is 22.0 Å². The van der Waals surface area contributed by atoms with Crippen molar-refractivity contribution in [2.45, 2.75) is 19.4 Å². The van der Waals surface area contributed by atoms with Crippen molar-refractivity contribution >= 4 is 39.1 Å². The van der Waals surface area contributed by atoms with Crippen molar-refractivity contribution in [3.63, 3.8) is 0 Å². The number of amides is 1. The summed E-state index contributed by atoms with van der Waals surface area (Å²) < 4.78 is 0.930. The molecule has 0 bridgehead atoms. The van der Waals surface area contributed by atoms with E-state index in [-0.39, 0.29) is 12.3 Å². The normalized spacial score (nSPS) is 11.9. The highest BCUT2D eigenvalue weighted by atomic mass is 79.9. The minimum absolute atomic E-state index is 0.137. The van der Waals surface area contributed by atoms with E-state index in [1.807, 2.05) is 30.5 Å². The fraction of sp³-hybridized carbons (Fsp3) is 0.200. The Kier molecular flexibility index (Phi) is 5.14. The van der Waals surface area contributed by atoms with E-state index in [1.54, 1.807) is 12.1 Å². The largest absolute Gasteiger partial charge is 0.481 e. The second kappa shape index (κ2) is 6.87. The van der Waals surface area contributed by atoms with E-state index in [0.29, 0.717) is 5.56 Å². The molecule has 0 spiro atoms. The molecule has 1 amide bonds. The van der Waals surface area contributed by atoms with Crippen molar-refractivity contribution in [2.75, 3.05) is 0 Å². The number of carbonyl (C=O) groups excluding carboxylic acids is 1. The smallest absolute Gasteiger partial charge is 0.305 e. The highest BCUT2D eigenvalue weighted by Gasteiger charge is 2.20. The van der Waals surface area contributed by atoms with Gasteiger partial charge in [0.1, 0.15) is 0 Å². The average Bonchev–Trinajstić information content (AvgIpc) is 2.94. The molecule has 0 saturated carbocycles. The van der Waals surface area contributed by atoms with Gasteiger partial charge in [0.25, 0.3) is 5.91 Å². The lowest BCUT2D eigenvalue weighted by atomic mass is 10.1. The van der Waals surface area contributed by atoms with Crippen LogP contribution < -0.4 is 5.32 Å². The number of aliphatic carboxylic acids is 1. The Morgan fingerprint density at radius 3 is 2.71 bits per heavy atom. The maximum atomic E-state index is 12.3. The number of aryl methyl sites for hydroxylation is 1. The van der Waals surface area contributed by atoms with Crippen molar-refractivity contribution in [3.05, 3.63) is 56.2 Å². The lowest BCUT2D eigenvalue weighted by Gasteiger charge is -2.16. The highest BCUT2D eigenvalue weighted by Crippen LogP contribution is 2.23. The number of nitrogens with one attached hydrogen (secondary N) is 1. The Bertz CT molecular complexity index is 655. The summed E-state index contributed by atoms with van der Waals surface area (Å²) in [4.78, 5) is 24.1. The summed E-state index contributed by atoms with van der Waals surface area (Å²) in [6.45, 7) is 1.90. The van der Waals surface area contributed by atoms with Gasteiger partial charge < -0.3 is 10.4 Å². The molecule has 1 unspecified atom stereocenters. The van der Waals surface area contributed by atoms with Crippen molar-refractivity contribution < 1.29 is 14.7 Å². The first-order valence-electron chi connectivity index (χ1n) is 6.29. The van der Waals surface area contributed by atoms with Gasteiger partial charge in [0.05, 0.1) is 12.5 Å². The zero-order valence-corrected chi connectivity index (χ0v) is 13.7. The second-order valence-corrected chi connectivity index (χ2v) is 6.44. The molecule has 110 valence electrons. The maximum absolute atomic E-state index is 12.3. The molecule has 0 saturated heterocycles. The van der Waals surface area contributed by atoms with E-state index in [4.69, 9.17) is 5.11 Å². The van der Waals surface area contributed by atoms with Crippen LogP contribution >= 0.6 is 27.3 Å². The molecular formula is C15H14BrNO3S. The fourth-order valence-corrected chi connectivity index (χ4v) is 2.94. The minimum Gasteiger partial charge on any atom is -0.481 e. The Labute approximate surface area is 134 Å². The van der Waals surface area contributed by atoms with Crippen LogP contribution in [-0.4, -0.2) is 17.0 Å². The molecule has 1 atom stereocenters. The van der Waals surface area contributed by atoms with E-state index in [1.165, 1.54) is 11.3 Å². The van der Waals surface area contributed by atoms with Gasteiger partial charge in [0.15, 0.2) is 0 Å². The van der Waals surface area contributed by atoms with E-state index >= 15 is 0 Å². The van der Waals surface area contributed by atoms with E-state index in [0.717, 1.165) is 14.9 Å². The van der Waals surface area contributed by atoms with E-state index in [9.17, 15) is 9.59 Å². The summed E-state index contributed by atoms with van der Waals surface area (Å²) in [6.07, 6.45) is -0.137. The standard InChI is InChI=1S/C15H14BrNO3S/c1-9-7-10(4-5-11(9)16)15(20)17-12(8-14(18)19)13-3-2-6-21-13/h2-7,12H,8H2,1H3,(H,17,20)(H,18,19). The van der Waals surface area contributed by atoms with Gasteiger partial charge in [-0.15, -0.1) is 11.3 Å². The van der Waals surface area contributed by atoms with Gasteiger partial charge in [0, 0.05) is 14.9 Å². The molecule has 0 fully saturated rings. The molecule has 2 aromatic rings. The lowest BCUT2D eigenvalue weighted by molar-refractivity contribution is -0.137. The first-order chi connectivity index (χ1) is 9.97. The molecule has 1 aromatic carbocycles. The number of benzene rings is 1. The zero-order chi connectivity index (χ0) is 15.4. The molecule has 0 aliphatic heterocycles. The Morgan fingerprint density at radius 2 is 2.14 bits per heavy atom. The van der Waals surface area contributed by atoms with Crippen LogP contribution in [0.25, 0.3) is 0 Å². The lowest BCUT2D eigenvalue weighted by Crippen LogP contribution is -2.29. The SMILES string of the molecule is Cc1cc(C(=O)NC(CC(=O)O)c2cccs2)ccc1Br. The maximum Gasteiger partial charge on any atom is 0.305 e. The number of rotatable bonds is 5. The Morgan fingerprint density at radius 1 is 1.38 bits per heavy atom. The average molecular weight is 368 g/mol. The molecule has 0 aliphatic rings. The molecular weight excluding hydrogens is 354 g/mol. The first kappa shape index (κ1) is 15.7. The second-order valence-electron chi connectivity index (χ2n) is 4.60. The molecule has 1 aromatic heterocycles. The predicted molar refractivity (Wildman–Crippen MR) is 85.7 cm³/mol. The number of carboxylic acid groups (broad SMARTS) is 1. The number of hydrogen-bond acceptors (Lipinski definition) is 3. The summed E-state index contributed by atoms with van der Waals surface area (Å²) in [5.74, 6) is -1.22. The molecule has 1 heterocycles. The number of thiophene rings is 1. The first-order valence-corrected chi connectivity index (χ1v) is 7.97. The highest BCUT2D eigenvalue weighted by molar-refractivity contribution is 9.10.